The van der Waals surface area contributed by atoms with Crippen LogP contribution in [0.3, 0.4) is 0 Å². The monoisotopic (exact) mass is 324 g/mol. The lowest BCUT2D eigenvalue weighted by Gasteiger charge is -2.21. The molecule has 0 saturated heterocycles. The van der Waals surface area contributed by atoms with Gasteiger partial charge in [0.05, 0.1) is 12.7 Å². The molecule has 1 atom stereocenters. The SMILES string of the molecule is Cc1c(C)c(NC(=O)CO)c(C)c(C(=O)NCC(O)CO)c1C. The maximum Gasteiger partial charge on any atom is 0.251 e. The Morgan fingerprint density at radius 1 is 1.00 bits per heavy atom. The fourth-order valence-corrected chi connectivity index (χ4v) is 2.41. The zero-order valence-electron chi connectivity index (χ0n) is 13.9. The molecule has 0 aliphatic carbocycles. The fraction of sp³-hybridized carbons (Fsp3) is 0.500. The summed E-state index contributed by atoms with van der Waals surface area (Å²) >= 11 is 0. The predicted molar refractivity (Wildman–Crippen MR) is 86.5 cm³/mol. The first-order valence-electron chi connectivity index (χ1n) is 7.32. The van der Waals surface area contributed by atoms with Gasteiger partial charge in [-0.1, -0.05) is 0 Å². The first kappa shape index (κ1) is 19.1. The van der Waals surface area contributed by atoms with Crippen LogP contribution < -0.4 is 10.6 Å². The Morgan fingerprint density at radius 2 is 1.61 bits per heavy atom. The highest BCUT2D eigenvalue weighted by Crippen LogP contribution is 2.30. The van der Waals surface area contributed by atoms with E-state index in [0.717, 1.165) is 16.7 Å². The summed E-state index contributed by atoms with van der Waals surface area (Å²) in [7, 11) is 0. The summed E-state index contributed by atoms with van der Waals surface area (Å²) in [6.07, 6.45) is -1.03. The molecule has 0 aromatic heterocycles. The van der Waals surface area contributed by atoms with Gasteiger partial charge in [-0.15, -0.1) is 0 Å². The highest BCUT2D eigenvalue weighted by molar-refractivity contribution is 6.02. The second kappa shape index (κ2) is 8.05. The van der Waals surface area contributed by atoms with Gasteiger partial charge >= 0.3 is 0 Å². The number of hydrogen-bond donors (Lipinski definition) is 5. The molecular weight excluding hydrogens is 300 g/mol. The van der Waals surface area contributed by atoms with Crippen LogP contribution in [0.5, 0.6) is 0 Å². The molecule has 0 heterocycles. The summed E-state index contributed by atoms with van der Waals surface area (Å²) in [6.45, 7) is 6.05. The maximum absolute atomic E-state index is 12.4. The summed E-state index contributed by atoms with van der Waals surface area (Å²) in [6, 6.07) is 0. The van der Waals surface area contributed by atoms with Gasteiger partial charge in [-0.2, -0.15) is 0 Å². The molecule has 1 aromatic rings. The Balaban J connectivity index is 3.26. The van der Waals surface area contributed by atoms with Crippen LogP contribution in [0.15, 0.2) is 0 Å². The van der Waals surface area contributed by atoms with E-state index in [9.17, 15) is 14.7 Å². The quantitative estimate of drug-likeness (QED) is 0.502. The third kappa shape index (κ3) is 4.28. The number of rotatable bonds is 6. The van der Waals surface area contributed by atoms with E-state index < -0.39 is 31.1 Å². The van der Waals surface area contributed by atoms with Gasteiger partial charge in [-0.05, 0) is 49.9 Å². The zero-order chi connectivity index (χ0) is 17.7. The number of carbonyl (C=O) groups excluding carboxylic acids is 2. The smallest absolute Gasteiger partial charge is 0.251 e. The molecule has 1 rings (SSSR count). The van der Waals surface area contributed by atoms with Gasteiger partial charge in [0.1, 0.15) is 6.61 Å². The number of benzene rings is 1. The number of aliphatic hydroxyl groups excluding tert-OH is 3. The van der Waals surface area contributed by atoms with Crippen molar-refractivity contribution in [2.75, 3.05) is 25.1 Å². The van der Waals surface area contributed by atoms with Gasteiger partial charge in [-0.25, -0.2) is 0 Å². The molecule has 23 heavy (non-hydrogen) atoms. The van der Waals surface area contributed by atoms with Gasteiger partial charge in [-0.3, -0.25) is 9.59 Å². The lowest BCUT2D eigenvalue weighted by molar-refractivity contribution is -0.118. The van der Waals surface area contributed by atoms with Gasteiger partial charge in [0.15, 0.2) is 0 Å². The number of hydrogen-bond acceptors (Lipinski definition) is 5. The number of nitrogens with one attached hydrogen (secondary N) is 2. The molecule has 0 bridgehead atoms. The Morgan fingerprint density at radius 3 is 2.13 bits per heavy atom. The molecular formula is C16H24N2O5. The van der Waals surface area contributed by atoms with Crippen molar-refractivity contribution in [3.05, 3.63) is 27.8 Å². The molecule has 7 heteroatoms. The predicted octanol–water partition coefficient (Wildman–Crippen LogP) is -0.0659. The molecule has 0 fully saturated rings. The van der Waals surface area contributed by atoms with E-state index in [-0.39, 0.29) is 6.54 Å². The molecule has 128 valence electrons. The first-order chi connectivity index (χ1) is 10.7. The van der Waals surface area contributed by atoms with E-state index in [4.69, 9.17) is 10.2 Å². The molecule has 7 nitrogen and oxygen atoms in total. The fourth-order valence-electron chi connectivity index (χ4n) is 2.41. The van der Waals surface area contributed by atoms with E-state index in [0.29, 0.717) is 16.8 Å². The van der Waals surface area contributed by atoms with Crippen molar-refractivity contribution in [3.63, 3.8) is 0 Å². The van der Waals surface area contributed by atoms with E-state index in [1.54, 1.807) is 6.92 Å². The number of aliphatic hydroxyl groups is 3. The van der Waals surface area contributed by atoms with Crippen LogP contribution in [-0.4, -0.2) is 53.0 Å². The van der Waals surface area contributed by atoms with E-state index in [1.807, 2.05) is 20.8 Å². The van der Waals surface area contributed by atoms with E-state index in [1.165, 1.54) is 0 Å². The standard InChI is InChI=1S/C16H24N2O5/c1-8-9(2)14(16(23)17-5-12(21)6-19)11(4)15(10(8)3)18-13(22)7-20/h12,19-21H,5-7H2,1-4H3,(H,17,23)(H,18,22). The third-order valence-corrected chi connectivity index (χ3v) is 3.97. The molecule has 0 radical (unpaired) electrons. The van der Waals surface area contributed by atoms with Gasteiger partial charge in [0.2, 0.25) is 5.91 Å². The molecule has 0 spiro atoms. The Kier molecular flexibility index (Phi) is 6.68. The topological polar surface area (TPSA) is 119 Å². The number of carbonyl (C=O) groups is 2. The summed E-state index contributed by atoms with van der Waals surface area (Å²) in [5.41, 5.74) is 3.96. The third-order valence-electron chi connectivity index (χ3n) is 3.97. The molecule has 0 aliphatic heterocycles. The lowest BCUT2D eigenvalue weighted by Crippen LogP contribution is -2.35. The number of anilines is 1. The van der Waals surface area contributed by atoms with Crippen molar-refractivity contribution in [1.82, 2.24) is 5.32 Å². The first-order valence-corrected chi connectivity index (χ1v) is 7.32. The average molecular weight is 324 g/mol. The van der Waals surface area contributed by atoms with Crippen LogP contribution >= 0.6 is 0 Å². The van der Waals surface area contributed by atoms with Crippen LogP contribution in [0.2, 0.25) is 0 Å². The second-order valence-corrected chi connectivity index (χ2v) is 5.50. The number of amides is 2. The molecule has 1 aromatic carbocycles. The van der Waals surface area contributed by atoms with Crippen molar-refractivity contribution >= 4 is 17.5 Å². The molecule has 2 amide bonds. The summed E-state index contributed by atoms with van der Waals surface area (Å²) in [5.74, 6) is -0.948. The minimum absolute atomic E-state index is 0.0700. The normalized spacial score (nSPS) is 12.0. The van der Waals surface area contributed by atoms with E-state index in [2.05, 4.69) is 10.6 Å². The van der Waals surface area contributed by atoms with Crippen molar-refractivity contribution < 1.29 is 24.9 Å². The highest BCUT2D eigenvalue weighted by Gasteiger charge is 2.21. The minimum atomic E-state index is -1.03. The van der Waals surface area contributed by atoms with Crippen LogP contribution in [0, 0.1) is 27.7 Å². The van der Waals surface area contributed by atoms with Gasteiger partial charge in [0.25, 0.3) is 5.91 Å². The van der Waals surface area contributed by atoms with Gasteiger partial charge < -0.3 is 26.0 Å². The van der Waals surface area contributed by atoms with Crippen LogP contribution in [0.25, 0.3) is 0 Å². The van der Waals surface area contributed by atoms with Crippen molar-refractivity contribution in [2.24, 2.45) is 0 Å². The summed E-state index contributed by atoms with van der Waals surface area (Å²) in [5, 5.41) is 32.2. The zero-order valence-corrected chi connectivity index (χ0v) is 13.9. The Bertz CT molecular complexity index is 613. The van der Waals surface area contributed by atoms with Gasteiger partial charge in [0, 0.05) is 17.8 Å². The second-order valence-electron chi connectivity index (χ2n) is 5.50. The minimum Gasteiger partial charge on any atom is -0.394 e. The summed E-state index contributed by atoms with van der Waals surface area (Å²) < 4.78 is 0. The van der Waals surface area contributed by atoms with Crippen molar-refractivity contribution in [1.29, 1.82) is 0 Å². The van der Waals surface area contributed by atoms with Crippen LogP contribution in [0.1, 0.15) is 32.6 Å². The van der Waals surface area contributed by atoms with Crippen LogP contribution in [0.4, 0.5) is 5.69 Å². The maximum atomic E-state index is 12.4. The average Bonchev–Trinajstić information content (AvgIpc) is 2.54. The molecule has 0 aliphatic rings. The van der Waals surface area contributed by atoms with Crippen LogP contribution in [-0.2, 0) is 4.79 Å². The largest absolute Gasteiger partial charge is 0.394 e. The van der Waals surface area contributed by atoms with Crippen molar-refractivity contribution in [2.45, 2.75) is 33.8 Å². The Hall–Kier alpha value is -1.96. The Labute approximate surface area is 135 Å². The molecule has 5 N–H and O–H groups in total. The van der Waals surface area contributed by atoms with E-state index >= 15 is 0 Å². The molecule has 0 saturated carbocycles. The lowest BCUT2D eigenvalue weighted by atomic mass is 9.91. The van der Waals surface area contributed by atoms with Crippen molar-refractivity contribution in [3.8, 4) is 0 Å². The summed E-state index contributed by atoms with van der Waals surface area (Å²) in [4.78, 5) is 23.9. The molecule has 1 unspecified atom stereocenters. The highest BCUT2D eigenvalue weighted by atomic mass is 16.3.